The number of carbonyl (C=O) groups is 1. The van der Waals surface area contributed by atoms with Crippen molar-refractivity contribution in [2.45, 2.75) is 45.5 Å². The molecule has 2 N–H and O–H groups in total. The second-order valence-corrected chi connectivity index (χ2v) is 8.01. The minimum atomic E-state index is -0.973. The average molecular weight is 409 g/mol. The Hall–Kier alpha value is -2.31. The zero-order chi connectivity index (χ0) is 20.6. The van der Waals surface area contributed by atoms with E-state index in [1.165, 1.54) is 19.1 Å². The number of halogens is 2. The quantitative estimate of drug-likeness (QED) is 0.734. The molecule has 1 heterocycles. The zero-order valence-electron chi connectivity index (χ0n) is 15.8. The molecule has 0 radical (unpaired) electrons. The van der Waals surface area contributed by atoms with Crippen LogP contribution in [0.4, 0.5) is 4.39 Å². The molecule has 0 bridgehead atoms. The van der Waals surface area contributed by atoms with Gasteiger partial charge in [-0.05, 0) is 44.0 Å². The van der Waals surface area contributed by atoms with E-state index in [9.17, 15) is 14.3 Å². The zero-order valence-corrected chi connectivity index (χ0v) is 16.6. The highest BCUT2D eigenvalue weighted by Gasteiger charge is 2.41. The van der Waals surface area contributed by atoms with Crippen LogP contribution in [0.2, 0.25) is 5.02 Å². The van der Waals surface area contributed by atoms with Crippen LogP contribution >= 0.6 is 11.6 Å². The van der Waals surface area contributed by atoms with Crippen LogP contribution in [0.5, 0.6) is 11.5 Å². The SMILES string of the molecule is CC(Cc1ccc(OCc2cc(Cl)cc3c2OC(C)(C)C3O)cc1F)C(=O)O. The lowest BCUT2D eigenvalue weighted by Crippen LogP contribution is -2.30. The van der Waals surface area contributed by atoms with Crippen LogP contribution in [0, 0.1) is 11.7 Å². The Morgan fingerprint density at radius 3 is 2.68 bits per heavy atom. The summed E-state index contributed by atoms with van der Waals surface area (Å²) in [6.45, 7) is 5.17. The first-order chi connectivity index (χ1) is 13.1. The number of benzene rings is 2. The molecule has 2 aromatic rings. The van der Waals surface area contributed by atoms with Gasteiger partial charge in [-0.1, -0.05) is 24.6 Å². The monoisotopic (exact) mass is 408 g/mol. The van der Waals surface area contributed by atoms with Gasteiger partial charge in [0, 0.05) is 22.2 Å². The molecular weight excluding hydrogens is 387 g/mol. The Morgan fingerprint density at radius 2 is 2.04 bits per heavy atom. The predicted octanol–water partition coefficient (Wildman–Crippen LogP) is 4.53. The number of rotatable bonds is 6. The number of carboxylic acids is 1. The number of ether oxygens (including phenoxy) is 2. The van der Waals surface area contributed by atoms with E-state index in [0.29, 0.717) is 33.2 Å². The van der Waals surface area contributed by atoms with Crippen LogP contribution in [0.3, 0.4) is 0 Å². The lowest BCUT2D eigenvalue weighted by molar-refractivity contribution is -0.141. The molecule has 0 fully saturated rings. The van der Waals surface area contributed by atoms with Gasteiger partial charge < -0.3 is 19.7 Å². The highest BCUT2D eigenvalue weighted by Crippen LogP contribution is 2.46. The third-order valence-corrected chi connectivity index (χ3v) is 5.06. The molecule has 1 aliphatic heterocycles. The fourth-order valence-electron chi connectivity index (χ4n) is 3.16. The summed E-state index contributed by atoms with van der Waals surface area (Å²) in [5.74, 6) is -1.35. The minimum Gasteiger partial charge on any atom is -0.489 e. The second kappa shape index (κ2) is 7.60. The van der Waals surface area contributed by atoms with Crippen LogP contribution in [-0.4, -0.2) is 21.8 Å². The van der Waals surface area contributed by atoms with Crippen molar-refractivity contribution in [3.63, 3.8) is 0 Å². The van der Waals surface area contributed by atoms with Gasteiger partial charge in [-0.3, -0.25) is 4.79 Å². The number of fused-ring (bicyclic) bond motifs is 1. The van der Waals surface area contributed by atoms with Gasteiger partial charge in [-0.15, -0.1) is 0 Å². The smallest absolute Gasteiger partial charge is 0.306 e. The van der Waals surface area contributed by atoms with Crippen molar-refractivity contribution >= 4 is 17.6 Å². The molecule has 0 saturated carbocycles. The molecule has 0 saturated heterocycles. The van der Waals surface area contributed by atoms with E-state index in [4.69, 9.17) is 26.2 Å². The van der Waals surface area contributed by atoms with Crippen LogP contribution in [0.15, 0.2) is 30.3 Å². The molecule has 2 aromatic carbocycles. The molecule has 0 spiro atoms. The molecule has 0 aliphatic carbocycles. The van der Waals surface area contributed by atoms with Gasteiger partial charge in [0.15, 0.2) is 0 Å². The number of hydrogen-bond donors (Lipinski definition) is 2. The van der Waals surface area contributed by atoms with Gasteiger partial charge in [0.25, 0.3) is 0 Å². The van der Waals surface area contributed by atoms with Gasteiger partial charge in [0.1, 0.15) is 35.6 Å². The maximum Gasteiger partial charge on any atom is 0.306 e. The van der Waals surface area contributed by atoms with Crippen LogP contribution in [0.25, 0.3) is 0 Å². The minimum absolute atomic E-state index is 0.0794. The number of carboxylic acid groups (broad SMARTS) is 1. The Balaban J connectivity index is 1.76. The topological polar surface area (TPSA) is 76.0 Å². The average Bonchev–Trinajstić information content (AvgIpc) is 2.84. The first-order valence-corrected chi connectivity index (χ1v) is 9.29. The lowest BCUT2D eigenvalue weighted by atomic mass is 9.97. The van der Waals surface area contributed by atoms with Crippen LogP contribution < -0.4 is 9.47 Å². The van der Waals surface area contributed by atoms with E-state index in [1.54, 1.807) is 32.0 Å². The summed E-state index contributed by atoms with van der Waals surface area (Å²) in [5.41, 5.74) is 0.784. The van der Waals surface area contributed by atoms with Gasteiger partial charge in [-0.2, -0.15) is 0 Å². The first-order valence-electron chi connectivity index (χ1n) is 8.92. The number of aliphatic hydroxyl groups is 1. The van der Waals surface area contributed by atoms with Crippen molar-refractivity contribution in [2.75, 3.05) is 0 Å². The Morgan fingerprint density at radius 1 is 1.32 bits per heavy atom. The van der Waals surface area contributed by atoms with E-state index in [2.05, 4.69) is 0 Å². The molecule has 2 atom stereocenters. The van der Waals surface area contributed by atoms with E-state index in [1.807, 2.05) is 0 Å². The molecule has 0 amide bonds. The van der Waals surface area contributed by atoms with Crippen LogP contribution in [0.1, 0.15) is 43.6 Å². The number of aliphatic carboxylic acids is 1. The molecule has 150 valence electrons. The summed E-state index contributed by atoms with van der Waals surface area (Å²) in [6, 6.07) is 7.70. The molecule has 3 rings (SSSR count). The summed E-state index contributed by atoms with van der Waals surface area (Å²) in [7, 11) is 0. The fourth-order valence-corrected chi connectivity index (χ4v) is 3.41. The van der Waals surface area contributed by atoms with E-state index >= 15 is 0 Å². The molecule has 0 aromatic heterocycles. The van der Waals surface area contributed by atoms with Gasteiger partial charge >= 0.3 is 5.97 Å². The highest BCUT2D eigenvalue weighted by atomic mass is 35.5. The molecule has 28 heavy (non-hydrogen) atoms. The Kier molecular flexibility index (Phi) is 5.55. The van der Waals surface area contributed by atoms with E-state index in [0.717, 1.165) is 0 Å². The summed E-state index contributed by atoms with van der Waals surface area (Å²) in [5, 5.41) is 19.8. The summed E-state index contributed by atoms with van der Waals surface area (Å²) < 4.78 is 25.8. The van der Waals surface area contributed by atoms with E-state index < -0.39 is 29.4 Å². The second-order valence-electron chi connectivity index (χ2n) is 7.58. The van der Waals surface area contributed by atoms with Crippen molar-refractivity contribution in [1.82, 2.24) is 0 Å². The summed E-state index contributed by atoms with van der Waals surface area (Å²) in [4.78, 5) is 10.9. The first kappa shape index (κ1) is 20.4. The summed E-state index contributed by atoms with van der Waals surface area (Å²) >= 11 is 6.16. The van der Waals surface area contributed by atoms with Crippen molar-refractivity contribution in [3.8, 4) is 11.5 Å². The highest BCUT2D eigenvalue weighted by molar-refractivity contribution is 6.30. The van der Waals surface area contributed by atoms with Crippen molar-refractivity contribution in [1.29, 1.82) is 0 Å². The van der Waals surface area contributed by atoms with Gasteiger partial charge in [-0.25, -0.2) is 4.39 Å². The molecule has 2 unspecified atom stereocenters. The Bertz CT molecular complexity index is 912. The molecule has 5 nitrogen and oxygen atoms in total. The Labute approximate surface area is 167 Å². The normalized spacial score (nSPS) is 18.3. The largest absolute Gasteiger partial charge is 0.489 e. The molecule has 7 heteroatoms. The number of hydrogen-bond acceptors (Lipinski definition) is 4. The van der Waals surface area contributed by atoms with Crippen molar-refractivity contribution < 1.29 is 28.9 Å². The maximum absolute atomic E-state index is 14.3. The van der Waals surface area contributed by atoms with E-state index in [-0.39, 0.29) is 13.0 Å². The standard InChI is InChI=1S/C21H22ClFO5/c1-11(20(25)26)6-12-4-5-15(9-17(12)23)27-10-13-7-14(22)8-16-18(13)28-21(2,3)19(16)24/h4-5,7-9,11,19,24H,6,10H2,1-3H3,(H,25,26). The van der Waals surface area contributed by atoms with Crippen LogP contribution in [-0.2, 0) is 17.8 Å². The third kappa shape index (κ3) is 4.08. The predicted molar refractivity (Wildman–Crippen MR) is 102 cm³/mol. The number of aliphatic hydroxyl groups excluding tert-OH is 1. The maximum atomic E-state index is 14.3. The lowest BCUT2D eigenvalue weighted by Gasteiger charge is -2.22. The van der Waals surface area contributed by atoms with Gasteiger partial charge in [0.2, 0.25) is 0 Å². The third-order valence-electron chi connectivity index (χ3n) is 4.84. The van der Waals surface area contributed by atoms with Gasteiger partial charge in [0.05, 0.1) is 5.92 Å². The van der Waals surface area contributed by atoms with Crippen molar-refractivity contribution in [2.24, 2.45) is 5.92 Å². The molecular formula is C21H22ClFO5. The fraction of sp³-hybridized carbons (Fsp3) is 0.381. The molecule has 1 aliphatic rings. The summed E-state index contributed by atoms with van der Waals surface area (Å²) in [6.07, 6.45) is -0.711. The van der Waals surface area contributed by atoms with Crippen molar-refractivity contribution in [3.05, 3.63) is 57.9 Å².